The summed E-state index contributed by atoms with van der Waals surface area (Å²) >= 11 is 1.60. The summed E-state index contributed by atoms with van der Waals surface area (Å²) in [6.07, 6.45) is 1.53. The van der Waals surface area contributed by atoms with Gasteiger partial charge in [-0.1, -0.05) is 0 Å². The molecule has 2 rings (SSSR count). The molecule has 0 bridgehead atoms. The van der Waals surface area contributed by atoms with Crippen LogP contribution in [-0.2, 0) is 0 Å². The van der Waals surface area contributed by atoms with Gasteiger partial charge in [0.05, 0.1) is 15.8 Å². The lowest BCUT2D eigenvalue weighted by atomic mass is 10.1. The lowest BCUT2D eigenvalue weighted by Gasteiger charge is -2.18. The van der Waals surface area contributed by atoms with Crippen LogP contribution in [0.1, 0.15) is 13.8 Å². The number of fused-ring (bicyclic) bond motifs is 1. The zero-order valence-corrected chi connectivity index (χ0v) is 9.51. The summed E-state index contributed by atoms with van der Waals surface area (Å²) in [6.45, 7) is 3.98. The maximum atomic E-state index is 9.60. The molecule has 2 aromatic heterocycles. The molecule has 0 saturated heterocycles. The summed E-state index contributed by atoms with van der Waals surface area (Å²) in [5.41, 5.74) is 0.197. The number of aromatic nitrogens is 2. The van der Waals surface area contributed by atoms with Gasteiger partial charge < -0.3 is 10.4 Å². The first-order valence-electron chi connectivity index (χ1n) is 4.71. The molecule has 15 heavy (non-hydrogen) atoms. The van der Waals surface area contributed by atoms with E-state index in [0.717, 1.165) is 16.0 Å². The van der Waals surface area contributed by atoms with Crippen LogP contribution < -0.4 is 5.32 Å². The molecule has 0 unspecified atom stereocenters. The third kappa shape index (κ3) is 2.43. The summed E-state index contributed by atoms with van der Waals surface area (Å²) in [5, 5.41) is 14.7. The maximum absolute atomic E-state index is 9.60. The molecule has 2 heterocycles. The zero-order chi connectivity index (χ0) is 10.9. The van der Waals surface area contributed by atoms with Crippen LogP contribution in [0.3, 0.4) is 0 Å². The molecule has 0 saturated carbocycles. The van der Waals surface area contributed by atoms with Gasteiger partial charge in [0.1, 0.15) is 12.1 Å². The van der Waals surface area contributed by atoms with Crippen molar-refractivity contribution >= 4 is 27.4 Å². The third-order valence-electron chi connectivity index (χ3n) is 1.93. The van der Waals surface area contributed by atoms with Gasteiger partial charge in [0.15, 0.2) is 0 Å². The molecule has 0 spiro atoms. The van der Waals surface area contributed by atoms with Crippen LogP contribution in [0, 0.1) is 0 Å². The van der Waals surface area contributed by atoms with Gasteiger partial charge >= 0.3 is 0 Å². The van der Waals surface area contributed by atoms with Crippen LogP contribution in [-0.4, -0.2) is 27.2 Å². The second kappa shape index (κ2) is 3.75. The summed E-state index contributed by atoms with van der Waals surface area (Å²) in [5.74, 6) is 0.789. The van der Waals surface area contributed by atoms with Gasteiger partial charge in [0.25, 0.3) is 0 Å². The van der Waals surface area contributed by atoms with Crippen LogP contribution in [0.2, 0.25) is 0 Å². The average Bonchev–Trinajstić information content (AvgIpc) is 2.61. The Hall–Kier alpha value is -1.20. The van der Waals surface area contributed by atoms with E-state index in [2.05, 4.69) is 15.3 Å². The van der Waals surface area contributed by atoms with Crippen molar-refractivity contribution in [3.05, 3.63) is 17.8 Å². The fourth-order valence-electron chi connectivity index (χ4n) is 1.21. The monoisotopic (exact) mass is 223 g/mol. The highest BCUT2D eigenvalue weighted by atomic mass is 32.1. The fourth-order valence-corrected chi connectivity index (χ4v) is 2.03. The fraction of sp³-hybridized carbons (Fsp3) is 0.400. The Kier molecular flexibility index (Phi) is 2.58. The molecule has 5 heteroatoms. The number of rotatable bonds is 3. The van der Waals surface area contributed by atoms with E-state index < -0.39 is 5.60 Å². The first-order chi connectivity index (χ1) is 7.06. The van der Waals surface area contributed by atoms with Gasteiger partial charge in [-0.3, -0.25) is 0 Å². The molecule has 80 valence electrons. The van der Waals surface area contributed by atoms with E-state index in [-0.39, 0.29) is 0 Å². The summed E-state index contributed by atoms with van der Waals surface area (Å²) in [4.78, 5) is 8.30. The van der Waals surface area contributed by atoms with Gasteiger partial charge in [0.2, 0.25) is 0 Å². The van der Waals surface area contributed by atoms with Crippen LogP contribution >= 0.6 is 11.3 Å². The van der Waals surface area contributed by atoms with Crippen molar-refractivity contribution in [3.63, 3.8) is 0 Å². The second-order valence-electron chi connectivity index (χ2n) is 4.02. The molecule has 0 radical (unpaired) electrons. The summed E-state index contributed by atoms with van der Waals surface area (Å²) in [7, 11) is 0. The second-order valence-corrected chi connectivity index (χ2v) is 4.94. The van der Waals surface area contributed by atoms with Crippen LogP contribution in [0.4, 0.5) is 5.82 Å². The molecular weight excluding hydrogens is 210 g/mol. The van der Waals surface area contributed by atoms with E-state index in [1.54, 1.807) is 25.2 Å². The minimum atomic E-state index is -0.742. The molecule has 4 nitrogen and oxygen atoms in total. The highest BCUT2D eigenvalue weighted by Crippen LogP contribution is 2.24. The summed E-state index contributed by atoms with van der Waals surface area (Å²) in [6, 6.07) is 1.96. The van der Waals surface area contributed by atoms with Crippen molar-refractivity contribution in [2.24, 2.45) is 0 Å². The van der Waals surface area contributed by atoms with Gasteiger partial charge in [-0.05, 0) is 25.3 Å². The molecule has 0 atom stereocenters. The lowest BCUT2D eigenvalue weighted by molar-refractivity contribution is 0.0944. The number of nitrogens with one attached hydrogen (secondary N) is 1. The largest absolute Gasteiger partial charge is 0.389 e. The number of anilines is 1. The third-order valence-corrected chi connectivity index (χ3v) is 2.84. The molecule has 0 amide bonds. The van der Waals surface area contributed by atoms with Crippen molar-refractivity contribution in [1.29, 1.82) is 0 Å². The Balaban J connectivity index is 2.24. The Bertz CT molecular complexity index is 461. The lowest BCUT2D eigenvalue weighted by Crippen LogP contribution is -2.29. The Morgan fingerprint density at radius 3 is 3.00 bits per heavy atom. The van der Waals surface area contributed by atoms with E-state index >= 15 is 0 Å². The van der Waals surface area contributed by atoms with E-state index in [1.165, 1.54) is 6.33 Å². The highest BCUT2D eigenvalue weighted by Gasteiger charge is 2.13. The number of hydrogen-bond acceptors (Lipinski definition) is 5. The molecular formula is C10H13N3OS. The van der Waals surface area contributed by atoms with E-state index in [0.29, 0.717) is 6.54 Å². The number of nitrogens with zero attached hydrogens (tertiary/aromatic N) is 2. The normalized spacial score (nSPS) is 11.9. The number of hydrogen-bond donors (Lipinski definition) is 2. The molecule has 2 N–H and O–H groups in total. The van der Waals surface area contributed by atoms with Crippen molar-refractivity contribution < 1.29 is 5.11 Å². The van der Waals surface area contributed by atoms with Gasteiger partial charge in [-0.2, -0.15) is 0 Å². The van der Waals surface area contributed by atoms with Crippen molar-refractivity contribution in [3.8, 4) is 0 Å². The zero-order valence-electron chi connectivity index (χ0n) is 8.69. The van der Waals surface area contributed by atoms with Crippen LogP contribution in [0.15, 0.2) is 17.8 Å². The van der Waals surface area contributed by atoms with Crippen molar-refractivity contribution in [2.45, 2.75) is 19.4 Å². The Morgan fingerprint density at radius 2 is 2.27 bits per heavy atom. The minimum absolute atomic E-state index is 0.469. The van der Waals surface area contributed by atoms with Crippen LogP contribution in [0.25, 0.3) is 10.2 Å². The predicted octanol–water partition coefficient (Wildman–Crippen LogP) is 1.87. The molecule has 0 aromatic carbocycles. The SMILES string of the molecule is CC(C)(O)CNc1ncnc2ccsc12. The molecule has 0 aliphatic rings. The summed E-state index contributed by atoms with van der Waals surface area (Å²) < 4.78 is 1.03. The standard InChI is InChI=1S/C10H13N3OS/c1-10(2,14)5-11-9-8-7(3-4-15-8)12-6-13-9/h3-4,6,14H,5H2,1-2H3,(H,11,12,13). The topological polar surface area (TPSA) is 58.0 Å². The Morgan fingerprint density at radius 1 is 1.47 bits per heavy atom. The van der Waals surface area contributed by atoms with Gasteiger partial charge in [-0.25, -0.2) is 9.97 Å². The van der Waals surface area contributed by atoms with Crippen LogP contribution in [0.5, 0.6) is 0 Å². The first-order valence-corrected chi connectivity index (χ1v) is 5.59. The van der Waals surface area contributed by atoms with E-state index in [4.69, 9.17) is 0 Å². The van der Waals surface area contributed by atoms with E-state index in [9.17, 15) is 5.11 Å². The number of thiophene rings is 1. The first kappa shape index (κ1) is 10.3. The Labute approximate surface area is 92.0 Å². The highest BCUT2D eigenvalue weighted by molar-refractivity contribution is 7.17. The minimum Gasteiger partial charge on any atom is -0.389 e. The van der Waals surface area contributed by atoms with Crippen molar-refractivity contribution in [2.75, 3.05) is 11.9 Å². The van der Waals surface area contributed by atoms with Crippen molar-refractivity contribution in [1.82, 2.24) is 9.97 Å². The average molecular weight is 223 g/mol. The molecule has 0 fully saturated rings. The maximum Gasteiger partial charge on any atom is 0.147 e. The number of aliphatic hydroxyl groups is 1. The molecule has 0 aliphatic carbocycles. The van der Waals surface area contributed by atoms with Gasteiger partial charge in [-0.15, -0.1) is 11.3 Å². The molecule has 0 aliphatic heterocycles. The smallest absolute Gasteiger partial charge is 0.147 e. The van der Waals surface area contributed by atoms with E-state index in [1.807, 2.05) is 11.4 Å². The quantitative estimate of drug-likeness (QED) is 0.834. The predicted molar refractivity (Wildman–Crippen MR) is 62.2 cm³/mol. The van der Waals surface area contributed by atoms with Gasteiger partial charge in [0, 0.05) is 6.54 Å². The molecule has 2 aromatic rings.